The Morgan fingerprint density at radius 2 is 1.25 bits per heavy atom. The van der Waals surface area contributed by atoms with E-state index in [0.29, 0.717) is 0 Å². The molecule has 2 aromatic carbocycles. The maximum Gasteiger partial charge on any atom is -0.0179 e. The third kappa shape index (κ3) is 3.96. The van der Waals surface area contributed by atoms with Crippen molar-refractivity contribution in [3.8, 4) is 0 Å². The van der Waals surface area contributed by atoms with Gasteiger partial charge in [-0.15, -0.1) is 0 Å². The summed E-state index contributed by atoms with van der Waals surface area (Å²) in [5, 5.41) is 0. The highest BCUT2D eigenvalue weighted by molar-refractivity contribution is 5.87. The third-order valence-corrected chi connectivity index (χ3v) is 3.23. The highest BCUT2D eigenvalue weighted by atomic mass is 14.0. The SMILES string of the molecule is CC(C)=C/C(=C/c1ccc(C)cc1)c1ccc(C)cc1. The van der Waals surface area contributed by atoms with Crippen LogP contribution in [-0.4, -0.2) is 0 Å². The van der Waals surface area contributed by atoms with Crippen LogP contribution in [0.5, 0.6) is 0 Å². The Bertz CT molecular complexity index is 619. The Labute approximate surface area is 122 Å². The average molecular weight is 262 g/mol. The van der Waals surface area contributed by atoms with E-state index in [1.807, 2.05) is 0 Å². The van der Waals surface area contributed by atoms with Crippen molar-refractivity contribution in [2.75, 3.05) is 0 Å². The minimum Gasteiger partial charge on any atom is -0.0758 e. The van der Waals surface area contributed by atoms with Gasteiger partial charge in [-0.25, -0.2) is 0 Å². The lowest BCUT2D eigenvalue weighted by Crippen LogP contribution is -1.84. The van der Waals surface area contributed by atoms with Crippen LogP contribution in [0.25, 0.3) is 11.6 Å². The zero-order chi connectivity index (χ0) is 14.5. The highest BCUT2D eigenvalue weighted by Crippen LogP contribution is 2.22. The van der Waals surface area contributed by atoms with Crippen LogP contribution in [0.15, 0.2) is 60.2 Å². The molecule has 0 heteroatoms. The minimum absolute atomic E-state index is 1.24. The lowest BCUT2D eigenvalue weighted by Gasteiger charge is -2.06. The molecule has 20 heavy (non-hydrogen) atoms. The zero-order valence-electron chi connectivity index (χ0n) is 12.8. The molecular weight excluding hydrogens is 240 g/mol. The topological polar surface area (TPSA) is 0 Å². The lowest BCUT2D eigenvalue weighted by atomic mass is 9.99. The summed E-state index contributed by atoms with van der Waals surface area (Å²) in [5.74, 6) is 0. The molecule has 0 unspecified atom stereocenters. The van der Waals surface area contributed by atoms with E-state index in [1.54, 1.807) is 0 Å². The van der Waals surface area contributed by atoms with Crippen molar-refractivity contribution < 1.29 is 0 Å². The van der Waals surface area contributed by atoms with Crippen LogP contribution in [0.4, 0.5) is 0 Å². The van der Waals surface area contributed by atoms with Gasteiger partial charge in [0.2, 0.25) is 0 Å². The third-order valence-electron chi connectivity index (χ3n) is 3.23. The Balaban J connectivity index is 2.44. The molecule has 0 spiro atoms. The van der Waals surface area contributed by atoms with Gasteiger partial charge >= 0.3 is 0 Å². The molecule has 102 valence electrons. The van der Waals surface area contributed by atoms with Gasteiger partial charge < -0.3 is 0 Å². The van der Waals surface area contributed by atoms with E-state index in [2.05, 4.69) is 88.4 Å². The Morgan fingerprint density at radius 1 is 0.750 bits per heavy atom. The van der Waals surface area contributed by atoms with Crippen LogP contribution in [0.1, 0.15) is 36.1 Å². The number of hydrogen-bond acceptors (Lipinski definition) is 0. The quantitative estimate of drug-likeness (QED) is 0.483. The molecule has 0 amide bonds. The number of benzene rings is 2. The molecule has 0 saturated carbocycles. The van der Waals surface area contributed by atoms with Crippen molar-refractivity contribution in [1.29, 1.82) is 0 Å². The molecular formula is C20H22. The lowest BCUT2D eigenvalue weighted by molar-refractivity contribution is 1.39. The monoisotopic (exact) mass is 262 g/mol. The first-order valence-electron chi connectivity index (χ1n) is 7.05. The van der Waals surface area contributed by atoms with E-state index in [-0.39, 0.29) is 0 Å². The summed E-state index contributed by atoms with van der Waals surface area (Å²) in [6.07, 6.45) is 4.49. The molecule has 2 aromatic rings. The minimum atomic E-state index is 1.24. The summed E-state index contributed by atoms with van der Waals surface area (Å²) in [6, 6.07) is 17.4. The second-order valence-electron chi connectivity index (χ2n) is 5.60. The number of allylic oxidation sites excluding steroid dienone is 3. The van der Waals surface area contributed by atoms with Gasteiger partial charge in [-0.3, -0.25) is 0 Å². The van der Waals surface area contributed by atoms with Gasteiger partial charge in [0.1, 0.15) is 0 Å². The fraction of sp³-hybridized carbons (Fsp3) is 0.200. The zero-order valence-corrected chi connectivity index (χ0v) is 12.8. The van der Waals surface area contributed by atoms with Crippen LogP contribution in [0.3, 0.4) is 0 Å². The summed E-state index contributed by atoms with van der Waals surface area (Å²) in [4.78, 5) is 0. The normalized spacial score (nSPS) is 11.3. The van der Waals surface area contributed by atoms with E-state index < -0.39 is 0 Å². The summed E-state index contributed by atoms with van der Waals surface area (Å²) in [6.45, 7) is 8.51. The largest absolute Gasteiger partial charge is 0.0758 e. The molecule has 0 aliphatic carbocycles. The number of hydrogen-bond donors (Lipinski definition) is 0. The van der Waals surface area contributed by atoms with Gasteiger partial charge in [-0.2, -0.15) is 0 Å². The van der Waals surface area contributed by atoms with Gasteiger partial charge in [0, 0.05) is 0 Å². The van der Waals surface area contributed by atoms with Gasteiger partial charge in [0.15, 0.2) is 0 Å². The second-order valence-corrected chi connectivity index (χ2v) is 5.60. The van der Waals surface area contributed by atoms with Crippen LogP contribution < -0.4 is 0 Å². The summed E-state index contributed by atoms with van der Waals surface area (Å²) < 4.78 is 0. The Kier molecular flexibility index (Phi) is 4.57. The molecule has 0 atom stereocenters. The van der Waals surface area contributed by atoms with Crippen LogP contribution >= 0.6 is 0 Å². The molecule has 0 bridgehead atoms. The molecule has 0 nitrogen and oxygen atoms in total. The molecule has 0 aliphatic heterocycles. The maximum atomic E-state index is 2.25. The van der Waals surface area contributed by atoms with Gasteiger partial charge in [-0.1, -0.05) is 71.3 Å². The first-order valence-corrected chi connectivity index (χ1v) is 7.05. The van der Waals surface area contributed by atoms with E-state index in [9.17, 15) is 0 Å². The van der Waals surface area contributed by atoms with Gasteiger partial charge in [0.25, 0.3) is 0 Å². The fourth-order valence-corrected chi connectivity index (χ4v) is 2.11. The van der Waals surface area contributed by atoms with Crippen LogP contribution in [-0.2, 0) is 0 Å². The predicted octanol–water partition coefficient (Wildman–Crippen LogP) is 5.81. The van der Waals surface area contributed by atoms with Crippen molar-refractivity contribution in [2.45, 2.75) is 27.7 Å². The summed E-state index contributed by atoms with van der Waals surface area (Å²) in [7, 11) is 0. The Hall–Kier alpha value is -2.08. The van der Waals surface area contributed by atoms with Gasteiger partial charge in [-0.05, 0) is 50.5 Å². The summed E-state index contributed by atoms with van der Waals surface area (Å²) >= 11 is 0. The van der Waals surface area contributed by atoms with Crippen molar-refractivity contribution in [1.82, 2.24) is 0 Å². The van der Waals surface area contributed by atoms with Crippen molar-refractivity contribution >= 4 is 11.6 Å². The van der Waals surface area contributed by atoms with E-state index >= 15 is 0 Å². The molecule has 0 aromatic heterocycles. The average Bonchev–Trinajstić information content (AvgIpc) is 2.41. The number of rotatable bonds is 3. The Morgan fingerprint density at radius 3 is 1.75 bits per heavy atom. The van der Waals surface area contributed by atoms with E-state index in [4.69, 9.17) is 0 Å². The van der Waals surface area contributed by atoms with E-state index in [1.165, 1.54) is 33.4 Å². The van der Waals surface area contributed by atoms with E-state index in [0.717, 1.165) is 0 Å². The van der Waals surface area contributed by atoms with Gasteiger partial charge in [0.05, 0.1) is 0 Å². The van der Waals surface area contributed by atoms with Crippen molar-refractivity contribution in [3.63, 3.8) is 0 Å². The predicted molar refractivity (Wildman–Crippen MR) is 89.7 cm³/mol. The smallest absolute Gasteiger partial charge is 0.0179 e. The molecule has 0 saturated heterocycles. The van der Waals surface area contributed by atoms with Crippen molar-refractivity contribution in [3.05, 3.63) is 82.4 Å². The van der Waals surface area contributed by atoms with Crippen molar-refractivity contribution in [2.24, 2.45) is 0 Å². The first kappa shape index (κ1) is 14.3. The molecule has 0 heterocycles. The first-order chi connectivity index (χ1) is 9.54. The van der Waals surface area contributed by atoms with Crippen LogP contribution in [0, 0.1) is 13.8 Å². The fourth-order valence-electron chi connectivity index (χ4n) is 2.11. The molecule has 0 aliphatic rings. The summed E-state index contributed by atoms with van der Waals surface area (Å²) in [5.41, 5.74) is 7.65. The molecule has 0 fully saturated rings. The highest BCUT2D eigenvalue weighted by Gasteiger charge is 1.99. The maximum absolute atomic E-state index is 2.25. The number of aryl methyl sites for hydroxylation is 2. The second kappa shape index (κ2) is 6.38. The molecule has 2 rings (SSSR count). The molecule has 0 radical (unpaired) electrons. The molecule has 0 N–H and O–H groups in total. The standard InChI is InChI=1S/C20H22/c1-15(2)13-20(19-11-7-17(4)8-12-19)14-18-9-5-16(3)6-10-18/h5-14H,1-4H3/b20-14-. The van der Waals surface area contributed by atoms with Crippen LogP contribution in [0.2, 0.25) is 0 Å².